The maximum Gasteiger partial charge on any atom is 0.0406 e. The third-order valence-corrected chi connectivity index (χ3v) is 4.43. The highest BCUT2D eigenvalue weighted by atomic mass is 35.5. The summed E-state index contributed by atoms with van der Waals surface area (Å²) in [6, 6.07) is 16.2. The van der Waals surface area contributed by atoms with E-state index in [-0.39, 0.29) is 6.04 Å². The molecule has 0 bridgehead atoms. The molecule has 0 aliphatic heterocycles. The first kappa shape index (κ1) is 15.4. The van der Waals surface area contributed by atoms with E-state index in [1.165, 1.54) is 10.5 Å². The van der Waals surface area contributed by atoms with Gasteiger partial charge in [-0.25, -0.2) is 0 Å². The number of benzene rings is 2. The van der Waals surface area contributed by atoms with Crippen LogP contribution in [0.1, 0.15) is 24.4 Å². The average Bonchev–Trinajstić information content (AvgIpc) is 2.48. The molecule has 0 unspecified atom stereocenters. The Kier molecular flexibility index (Phi) is 5.92. The van der Waals surface area contributed by atoms with Crippen LogP contribution in [0.3, 0.4) is 0 Å². The van der Waals surface area contributed by atoms with Crippen LogP contribution in [0.15, 0.2) is 58.3 Å². The van der Waals surface area contributed by atoms with Crippen molar-refractivity contribution < 1.29 is 0 Å². The van der Waals surface area contributed by atoms with Crippen LogP contribution >= 0.6 is 23.4 Å². The molecule has 0 aromatic heterocycles. The van der Waals surface area contributed by atoms with Crippen LogP contribution in [0.2, 0.25) is 5.02 Å². The molecule has 106 valence electrons. The van der Waals surface area contributed by atoms with Crippen LogP contribution in [0.4, 0.5) is 0 Å². The number of nitrogens with two attached hydrogens (primary N) is 2. The van der Waals surface area contributed by atoms with Crippen LogP contribution in [-0.4, -0.2) is 6.54 Å². The predicted molar refractivity (Wildman–Crippen MR) is 87.2 cm³/mol. The fraction of sp³-hybridized carbons (Fsp3) is 0.250. The zero-order chi connectivity index (χ0) is 14.4. The Hall–Kier alpha value is -1.00. The first-order valence-electron chi connectivity index (χ1n) is 6.68. The maximum atomic E-state index is 6.27. The molecule has 2 nitrogen and oxygen atoms in total. The van der Waals surface area contributed by atoms with Crippen molar-refractivity contribution in [2.24, 2.45) is 11.5 Å². The molecule has 0 saturated carbocycles. The van der Waals surface area contributed by atoms with Gasteiger partial charge >= 0.3 is 0 Å². The summed E-state index contributed by atoms with van der Waals surface area (Å²) in [5.74, 6) is 0. The maximum absolute atomic E-state index is 6.27. The van der Waals surface area contributed by atoms with E-state index in [4.69, 9.17) is 23.1 Å². The Balaban J connectivity index is 2.17. The highest BCUT2D eigenvalue weighted by Gasteiger charge is 2.11. The van der Waals surface area contributed by atoms with Gasteiger partial charge in [0.2, 0.25) is 0 Å². The van der Waals surface area contributed by atoms with Crippen LogP contribution in [0, 0.1) is 0 Å². The minimum atomic E-state index is 0.0366. The zero-order valence-corrected chi connectivity index (χ0v) is 12.8. The van der Waals surface area contributed by atoms with Gasteiger partial charge < -0.3 is 11.5 Å². The Morgan fingerprint density at radius 2 is 1.75 bits per heavy atom. The molecule has 0 saturated heterocycles. The van der Waals surface area contributed by atoms with E-state index in [2.05, 4.69) is 12.1 Å². The lowest BCUT2D eigenvalue weighted by Crippen LogP contribution is -2.13. The van der Waals surface area contributed by atoms with Crippen molar-refractivity contribution in [3.63, 3.8) is 0 Å². The minimum Gasteiger partial charge on any atom is -0.330 e. The van der Waals surface area contributed by atoms with E-state index >= 15 is 0 Å². The Bertz CT molecular complexity index is 542. The van der Waals surface area contributed by atoms with Crippen LogP contribution < -0.4 is 11.5 Å². The lowest BCUT2D eigenvalue weighted by Gasteiger charge is -2.16. The van der Waals surface area contributed by atoms with Crippen molar-refractivity contribution in [3.8, 4) is 0 Å². The van der Waals surface area contributed by atoms with E-state index in [9.17, 15) is 0 Å². The SMILES string of the molecule is NCCC[C@H](N)c1ccccc1Sc1ccc(Cl)cc1. The summed E-state index contributed by atoms with van der Waals surface area (Å²) in [5.41, 5.74) is 13.0. The van der Waals surface area contributed by atoms with Gasteiger partial charge in [0.25, 0.3) is 0 Å². The summed E-state index contributed by atoms with van der Waals surface area (Å²) >= 11 is 7.63. The lowest BCUT2D eigenvalue weighted by atomic mass is 10.0. The van der Waals surface area contributed by atoms with E-state index in [1.807, 2.05) is 36.4 Å². The van der Waals surface area contributed by atoms with Gasteiger partial charge in [-0.1, -0.05) is 41.6 Å². The van der Waals surface area contributed by atoms with Crippen molar-refractivity contribution in [2.75, 3.05) is 6.54 Å². The molecule has 0 aliphatic carbocycles. The summed E-state index contributed by atoms with van der Waals surface area (Å²) in [6.45, 7) is 0.681. The first-order chi connectivity index (χ1) is 9.70. The molecular weight excluding hydrogens is 288 g/mol. The quantitative estimate of drug-likeness (QED) is 0.839. The van der Waals surface area contributed by atoms with Gasteiger partial charge in [0.15, 0.2) is 0 Å². The van der Waals surface area contributed by atoms with E-state index < -0.39 is 0 Å². The molecule has 0 spiro atoms. The van der Waals surface area contributed by atoms with Crippen molar-refractivity contribution in [2.45, 2.75) is 28.7 Å². The molecule has 0 radical (unpaired) electrons. The van der Waals surface area contributed by atoms with Gasteiger partial charge in [0, 0.05) is 20.9 Å². The Morgan fingerprint density at radius 3 is 2.45 bits per heavy atom. The molecule has 2 aromatic rings. The van der Waals surface area contributed by atoms with Crippen molar-refractivity contribution in [1.82, 2.24) is 0 Å². The number of halogens is 1. The molecule has 1 atom stereocenters. The number of hydrogen-bond donors (Lipinski definition) is 2. The Morgan fingerprint density at radius 1 is 1.05 bits per heavy atom. The van der Waals surface area contributed by atoms with Gasteiger partial charge in [-0.15, -0.1) is 0 Å². The second-order valence-corrected chi connectivity index (χ2v) is 6.18. The second-order valence-electron chi connectivity index (χ2n) is 4.63. The van der Waals surface area contributed by atoms with Gasteiger partial charge in [-0.05, 0) is 55.3 Å². The molecule has 0 heterocycles. The van der Waals surface area contributed by atoms with Gasteiger partial charge in [0.05, 0.1) is 0 Å². The molecule has 2 aromatic carbocycles. The molecule has 4 heteroatoms. The molecule has 0 aliphatic rings. The van der Waals surface area contributed by atoms with E-state index in [0.717, 1.165) is 22.8 Å². The third kappa shape index (κ3) is 4.25. The third-order valence-electron chi connectivity index (χ3n) is 3.08. The summed E-state index contributed by atoms with van der Waals surface area (Å²) < 4.78 is 0. The van der Waals surface area contributed by atoms with Crippen LogP contribution in [0.5, 0.6) is 0 Å². The normalized spacial score (nSPS) is 12.3. The van der Waals surface area contributed by atoms with Gasteiger partial charge in [-0.2, -0.15) is 0 Å². The number of hydrogen-bond acceptors (Lipinski definition) is 3. The number of rotatable bonds is 6. The fourth-order valence-electron chi connectivity index (χ4n) is 2.00. The smallest absolute Gasteiger partial charge is 0.0406 e. The van der Waals surface area contributed by atoms with Gasteiger partial charge in [0.1, 0.15) is 0 Å². The summed E-state index contributed by atoms with van der Waals surface area (Å²) in [6.07, 6.45) is 1.86. The largest absolute Gasteiger partial charge is 0.330 e. The monoisotopic (exact) mass is 306 g/mol. The molecule has 0 fully saturated rings. The molecular formula is C16H19ClN2S. The molecule has 20 heavy (non-hydrogen) atoms. The molecule has 4 N–H and O–H groups in total. The summed E-state index contributed by atoms with van der Waals surface area (Å²) in [7, 11) is 0. The Labute approximate surface area is 129 Å². The first-order valence-corrected chi connectivity index (χ1v) is 7.88. The summed E-state index contributed by atoms with van der Waals surface area (Å²) in [4.78, 5) is 2.35. The van der Waals surface area contributed by atoms with E-state index in [1.54, 1.807) is 11.8 Å². The van der Waals surface area contributed by atoms with E-state index in [0.29, 0.717) is 6.54 Å². The highest BCUT2D eigenvalue weighted by molar-refractivity contribution is 7.99. The lowest BCUT2D eigenvalue weighted by molar-refractivity contribution is 0.610. The van der Waals surface area contributed by atoms with Gasteiger partial charge in [-0.3, -0.25) is 0 Å². The topological polar surface area (TPSA) is 52.0 Å². The fourth-order valence-corrected chi connectivity index (χ4v) is 3.14. The van der Waals surface area contributed by atoms with Crippen molar-refractivity contribution in [3.05, 3.63) is 59.1 Å². The second kappa shape index (κ2) is 7.70. The van der Waals surface area contributed by atoms with Crippen molar-refractivity contribution in [1.29, 1.82) is 0 Å². The summed E-state index contributed by atoms with van der Waals surface area (Å²) in [5, 5.41) is 0.752. The minimum absolute atomic E-state index is 0.0366. The molecule has 2 rings (SSSR count). The molecule has 0 amide bonds. The van der Waals surface area contributed by atoms with Crippen LogP contribution in [0.25, 0.3) is 0 Å². The standard InChI is InChI=1S/C16H19ClN2S/c17-12-7-9-13(10-8-12)20-16-6-2-1-4-14(16)15(19)5-3-11-18/h1-2,4,6-10,15H,3,5,11,18-19H2/t15-/m0/s1. The predicted octanol–water partition coefficient (Wildman–Crippen LogP) is 4.23. The van der Waals surface area contributed by atoms with Crippen molar-refractivity contribution >= 4 is 23.4 Å². The average molecular weight is 307 g/mol. The van der Waals surface area contributed by atoms with Crippen LogP contribution in [-0.2, 0) is 0 Å². The highest BCUT2D eigenvalue weighted by Crippen LogP contribution is 2.34. The zero-order valence-electron chi connectivity index (χ0n) is 11.3.